The van der Waals surface area contributed by atoms with E-state index >= 15 is 0 Å². The Morgan fingerprint density at radius 2 is 1.76 bits per heavy atom. The van der Waals surface area contributed by atoms with E-state index in [1.807, 2.05) is 5.01 Å². The van der Waals surface area contributed by atoms with Crippen LogP contribution in [0.15, 0.2) is 0 Å². The fourth-order valence-corrected chi connectivity index (χ4v) is 2.61. The van der Waals surface area contributed by atoms with Crippen LogP contribution in [0, 0.1) is 11.8 Å². The quantitative estimate of drug-likeness (QED) is 0.772. The summed E-state index contributed by atoms with van der Waals surface area (Å²) in [7, 11) is 0. The highest BCUT2D eigenvalue weighted by molar-refractivity contribution is 5.89. The fourth-order valence-electron chi connectivity index (χ4n) is 2.61. The van der Waals surface area contributed by atoms with Gasteiger partial charge in [-0.05, 0) is 33.1 Å². The van der Waals surface area contributed by atoms with Crippen LogP contribution in [0.5, 0.6) is 0 Å². The number of carbonyl (C=O) groups excluding carboxylic acids is 1. The molecule has 1 aliphatic carbocycles. The zero-order chi connectivity index (χ0) is 12.6. The van der Waals surface area contributed by atoms with Gasteiger partial charge in [0.1, 0.15) is 0 Å². The predicted octanol–water partition coefficient (Wildman–Crippen LogP) is 1.00. The number of piperidine rings is 1. The second kappa shape index (κ2) is 4.64. The summed E-state index contributed by atoms with van der Waals surface area (Å²) >= 11 is 0. The standard InChI is InChI=1S/C12H20N2O3/c1-7-4-3-5-8(2)14(7)13-11(15)9-6-10(9)12(16)17/h7-10H,3-6H2,1-2H3,(H,13,15)(H,16,17)/t7?,8?,9-,10+/m1/s1. The van der Waals surface area contributed by atoms with E-state index < -0.39 is 11.9 Å². The van der Waals surface area contributed by atoms with Crippen LogP contribution in [0.3, 0.4) is 0 Å². The van der Waals surface area contributed by atoms with Gasteiger partial charge >= 0.3 is 5.97 Å². The van der Waals surface area contributed by atoms with Crippen molar-refractivity contribution in [3.8, 4) is 0 Å². The summed E-state index contributed by atoms with van der Waals surface area (Å²) in [4.78, 5) is 22.6. The molecule has 1 heterocycles. The number of carboxylic acids is 1. The molecule has 4 atom stereocenters. The molecule has 2 aliphatic rings. The van der Waals surface area contributed by atoms with E-state index in [1.165, 1.54) is 6.42 Å². The van der Waals surface area contributed by atoms with Gasteiger partial charge in [-0.1, -0.05) is 6.42 Å². The summed E-state index contributed by atoms with van der Waals surface area (Å²) in [5.41, 5.74) is 2.90. The molecule has 0 radical (unpaired) electrons. The number of aliphatic carboxylic acids is 1. The van der Waals surface area contributed by atoms with E-state index in [2.05, 4.69) is 19.3 Å². The van der Waals surface area contributed by atoms with E-state index in [-0.39, 0.29) is 11.8 Å². The summed E-state index contributed by atoms with van der Waals surface area (Å²) in [5.74, 6) is -1.78. The Morgan fingerprint density at radius 3 is 2.24 bits per heavy atom. The first-order valence-corrected chi connectivity index (χ1v) is 6.32. The third-order valence-corrected chi connectivity index (χ3v) is 3.88. The molecule has 0 aromatic heterocycles. The molecular formula is C12H20N2O3. The maximum Gasteiger partial charge on any atom is 0.307 e. The number of hydrogen-bond donors (Lipinski definition) is 2. The number of amides is 1. The maximum atomic E-state index is 11.9. The van der Waals surface area contributed by atoms with Gasteiger partial charge in [0.2, 0.25) is 5.91 Å². The van der Waals surface area contributed by atoms with Crippen LogP contribution in [0.1, 0.15) is 39.5 Å². The monoisotopic (exact) mass is 240 g/mol. The molecular weight excluding hydrogens is 220 g/mol. The van der Waals surface area contributed by atoms with Gasteiger partial charge in [0.25, 0.3) is 0 Å². The molecule has 0 spiro atoms. The lowest BCUT2D eigenvalue weighted by atomic mass is 10.00. The average molecular weight is 240 g/mol. The third kappa shape index (κ3) is 2.60. The van der Waals surface area contributed by atoms with Gasteiger partial charge < -0.3 is 5.11 Å². The second-order valence-electron chi connectivity index (χ2n) is 5.30. The second-order valence-corrected chi connectivity index (χ2v) is 5.30. The van der Waals surface area contributed by atoms with Crippen molar-refractivity contribution in [2.45, 2.75) is 51.6 Å². The molecule has 2 rings (SSSR count). The zero-order valence-electron chi connectivity index (χ0n) is 10.3. The van der Waals surface area contributed by atoms with Crippen molar-refractivity contribution in [2.75, 3.05) is 0 Å². The van der Waals surface area contributed by atoms with Crippen LogP contribution < -0.4 is 5.43 Å². The Kier molecular flexibility index (Phi) is 3.38. The first-order valence-electron chi connectivity index (χ1n) is 6.32. The summed E-state index contributed by atoms with van der Waals surface area (Å²) in [6, 6.07) is 0.675. The molecule has 5 nitrogen and oxygen atoms in total. The van der Waals surface area contributed by atoms with Crippen molar-refractivity contribution in [1.29, 1.82) is 0 Å². The SMILES string of the molecule is CC1CCCC(C)N1NC(=O)[C@@H]1C[C@@H]1C(=O)O. The van der Waals surface area contributed by atoms with Crippen molar-refractivity contribution >= 4 is 11.9 Å². The van der Waals surface area contributed by atoms with Crippen LogP contribution in [-0.2, 0) is 9.59 Å². The maximum absolute atomic E-state index is 11.9. The van der Waals surface area contributed by atoms with Gasteiger partial charge in [0, 0.05) is 12.1 Å². The highest BCUT2D eigenvalue weighted by Crippen LogP contribution is 2.39. The van der Waals surface area contributed by atoms with Crippen LogP contribution in [0.2, 0.25) is 0 Å². The molecule has 96 valence electrons. The Balaban J connectivity index is 1.88. The molecule has 1 saturated carbocycles. The molecule has 17 heavy (non-hydrogen) atoms. The van der Waals surface area contributed by atoms with Crippen molar-refractivity contribution in [3.05, 3.63) is 0 Å². The van der Waals surface area contributed by atoms with E-state index in [4.69, 9.17) is 5.11 Å². The molecule has 2 N–H and O–H groups in total. The smallest absolute Gasteiger partial charge is 0.307 e. The molecule has 0 bridgehead atoms. The molecule has 0 aromatic carbocycles. The number of carbonyl (C=O) groups is 2. The van der Waals surface area contributed by atoms with Gasteiger partial charge in [-0.15, -0.1) is 0 Å². The van der Waals surface area contributed by atoms with Crippen LogP contribution in [0.25, 0.3) is 0 Å². The van der Waals surface area contributed by atoms with Crippen molar-refractivity contribution in [1.82, 2.24) is 10.4 Å². The van der Waals surface area contributed by atoms with Gasteiger partial charge in [0.05, 0.1) is 11.8 Å². The molecule has 2 unspecified atom stereocenters. The Morgan fingerprint density at radius 1 is 1.18 bits per heavy atom. The Labute approximate surface area is 101 Å². The number of carboxylic acid groups (broad SMARTS) is 1. The van der Waals surface area contributed by atoms with E-state index in [9.17, 15) is 9.59 Å². The van der Waals surface area contributed by atoms with E-state index in [0.717, 1.165) is 12.8 Å². The van der Waals surface area contributed by atoms with Crippen LogP contribution in [0.4, 0.5) is 0 Å². The Hall–Kier alpha value is -1.10. The molecule has 2 fully saturated rings. The number of nitrogens with zero attached hydrogens (tertiary/aromatic N) is 1. The van der Waals surface area contributed by atoms with Gasteiger partial charge in [-0.25, -0.2) is 5.01 Å². The van der Waals surface area contributed by atoms with Crippen LogP contribution in [-0.4, -0.2) is 34.1 Å². The first kappa shape index (κ1) is 12.4. The molecule has 1 saturated heterocycles. The molecule has 1 aliphatic heterocycles. The number of hydrogen-bond acceptors (Lipinski definition) is 3. The molecule has 5 heteroatoms. The minimum Gasteiger partial charge on any atom is -0.481 e. The number of hydrazine groups is 1. The lowest BCUT2D eigenvalue weighted by Gasteiger charge is -2.38. The first-order chi connectivity index (χ1) is 8.00. The summed E-state index contributed by atoms with van der Waals surface area (Å²) in [6.45, 7) is 4.19. The summed E-state index contributed by atoms with van der Waals surface area (Å²) in [5, 5.41) is 10.8. The molecule has 0 aromatic rings. The molecule has 1 amide bonds. The van der Waals surface area contributed by atoms with Crippen molar-refractivity contribution in [2.24, 2.45) is 11.8 Å². The average Bonchev–Trinajstić information content (AvgIpc) is 3.03. The van der Waals surface area contributed by atoms with E-state index in [0.29, 0.717) is 18.5 Å². The summed E-state index contributed by atoms with van der Waals surface area (Å²) < 4.78 is 0. The van der Waals surface area contributed by atoms with E-state index in [1.54, 1.807) is 0 Å². The lowest BCUT2D eigenvalue weighted by Crippen LogP contribution is -2.54. The largest absolute Gasteiger partial charge is 0.481 e. The topological polar surface area (TPSA) is 69.6 Å². The predicted molar refractivity (Wildman–Crippen MR) is 62.0 cm³/mol. The number of nitrogens with one attached hydrogen (secondary N) is 1. The fraction of sp³-hybridized carbons (Fsp3) is 0.833. The van der Waals surface area contributed by atoms with Crippen molar-refractivity contribution in [3.63, 3.8) is 0 Å². The third-order valence-electron chi connectivity index (χ3n) is 3.88. The highest BCUT2D eigenvalue weighted by Gasteiger charge is 2.49. The van der Waals surface area contributed by atoms with Crippen molar-refractivity contribution < 1.29 is 14.7 Å². The van der Waals surface area contributed by atoms with Gasteiger partial charge in [-0.3, -0.25) is 15.0 Å². The van der Waals surface area contributed by atoms with Gasteiger partial charge in [0.15, 0.2) is 0 Å². The Bertz CT molecular complexity index is 322. The summed E-state index contributed by atoms with van der Waals surface area (Å²) in [6.07, 6.45) is 3.84. The van der Waals surface area contributed by atoms with Crippen LogP contribution >= 0.6 is 0 Å². The zero-order valence-corrected chi connectivity index (χ0v) is 10.3. The highest BCUT2D eigenvalue weighted by atomic mass is 16.4. The van der Waals surface area contributed by atoms with Gasteiger partial charge in [-0.2, -0.15) is 0 Å². The lowest BCUT2D eigenvalue weighted by molar-refractivity contribution is -0.141. The number of rotatable bonds is 3. The minimum atomic E-state index is -0.857. The normalized spacial score (nSPS) is 37.5. The minimum absolute atomic E-state index is 0.127.